The van der Waals surface area contributed by atoms with Crippen molar-refractivity contribution in [2.75, 3.05) is 10.6 Å². The molecule has 1 atom stereocenters. The van der Waals surface area contributed by atoms with E-state index in [2.05, 4.69) is 66.5 Å². The fraction of sp³-hybridized carbons (Fsp3) is 0.412. The summed E-state index contributed by atoms with van der Waals surface area (Å²) in [6.07, 6.45) is 1.04. The molecule has 4 heteroatoms. The van der Waals surface area contributed by atoms with Gasteiger partial charge in [0.15, 0.2) is 0 Å². The molecular formula is C17H24N4. The molecule has 1 aromatic heterocycles. The number of aromatic nitrogens is 2. The van der Waals surface area contributed by atoms with Crippen LogP contribution in [0.4, 0.5) is 17.5 Å². The fourth-order valence-corrected chi connectivity index (χ4v) is 2.16. The van der Waals surface area contributed by atoms with Gasteiger partial charge in [0, 0.05) is 23.5 Å². The SMILES string of the molecule is CCC(C)Nc1nc(C)cc(Nc2c(C)cccc2C)n1. The number of hydrogen-bond donors (Lipinski definition) is 2. The van der Waals surface area contributed by atoms with E-state index in [0.29, 0.717) is 12.0 Å². The second-order valence-corrected chi connectivity index (χ2v) is 5.56. The van der Waals surface area contributed by atoms with Gasteiger partial charge >= 0.3 is 0 Å². The molecule has 0 bridgehead atoms. The topological polar surface area (TPSA) is 49.8 Å². The third-order valence-electron chi connectivity index (χ3n) is 3.58. The van der Waals surface area contributed by atoms with Crippen molar-refractivity contribution >= 4 is 17.5 Å². The first kappa shape index (κ1) is 15.3. The lowest BCUT2D eigenvalue weighted by atomic mass is 10.1. The van der Waals surface area contributed by atoms with Crippen LogP contribution in [0.2, 0.25) is 0 Å². The second-order valence-electron chi connectivity index (χ2n) is 5.56. The fourth-order valence-electron chi connectivity index (χ4n) is 2.16. The number of benzene rings is 1. The quantitative estimate of drug-likeness (QED) is 0.856. The Hall–Kier alpha value is -2.10. The van der Waals surface area contributed by atoms with E-state index in [1.54, 1.807) is 0 Å². The summed E-state index contributed by atoms with van der Waals surface area (Å²) in [5, 5.41) is 6.75. The van der Waals surface area contributed by atoms with Gasteiger partial charge in [-0.1, -0.05) is 25.1 Å². The molecular weight excluding hydrogens is 260 g/mol. The van der Waals surface area contributed by atoms with Gasteiger partial charge in [-0.05, 0) is 45.2 Å². The van der Waals surface area contributed by atoms with Crippen molar-refractivity contribution in [3.8, 4) is 0 Å². The maximum Gasteiger partial charge on any atom is 0.225 e. The van der Waals surface area contributed by atoms with Crippen molar-refractivity contribution in [3.05, 3.63) is 41.1 Å². The van der Waals surface area contributed by atoms with E-state index in [9.17, 15) is 0 Å². The lowest BCUT2D eigenvalue weighted by molar-refractivity contribution is 0.752. The predicted octanol–water partition coefficient (Wildman–Crippen LogP) is 4.36. The lowest BCUT2D eigenvalue weighted by Crippen LogP contribution is -2.16. The van der Waals surface area contributed by atoms with E-state index in [-0.39, 0.29) is 0 Å². The van der Waals surface area contributed by atoms with E-state index in [1.807, 2.05) is 13.0 Å². The van der Waals surface area contributed by atoms with Crippen molar-refractivity contribution in [1.29, 1.82) is 0 Å². The summed E-state index contributed by atoms with van der Waals surface area (Å²) in [7, 11) is 0. The molecule has 21 heavy (non-hydrogen) atoms. The number of anilines is 3. The summed E-state index contributed by atoms with van der Waals surface area (Å²) < 4.78 is 0. The smallest absolute Gasteiger partial charge is 0.225 e. The average Bonchev–Trinajstić information content (AvgIpc) is 2.42. The maximum atomic E-state index is 4.57. The first-order valence-corrected chi connectivity index (χ1v) is 7.45. The zero-order valence-electron chi connectivity index (χ0n) is 13.5. The minimum Gasteiger partial charge on any atom is -0.352 e. The molecule has 1 unspecified atom stereocenters. The van der Waals surface area contributed by atoms with Crippen LogP contribution in [-0.4, -0.2) is 16.0 Å². The largest absolute Gasteiger partial charge is 0.352 e. The first-order valence-electron chi connectivity index (χ1n) is 7.45. The second kappa shape index (κ2) is 6.57. The molecule has 2 rings (SSSR count). The standard InChI is InChI=1S/C17H24N4/c1-6-13(4)18-17-19-14(5)10-15(21-17)20-16-11(2)8-7-9-12(16)3/h7-10,13H,6H2,1-5H3,(H2,18,19,20,21). The Kier molecular flexibility index (Phi) is 4.78. The number of aryl methyl sites for hydroxylation is 3. The average molecular weight is 284 g/mol. The molecule has 2 aromatic rings. The Bertz CT molecular complexity index is 602. The first-order chi connectivity index (χ1) is 9.99. The van der Waals surface area contributed by atoms with Crippen LogP contribution in [0.3, 0.4) is 0 Å². The Morgan fingerprint density at radius 3 is 2.38 bits per heavy atom. The molecule has 0 saturated carbocycles. The molecule has 0 aliphatic heterocycles. The van der Waals surface area contributed by atoms with E-state index in [0.717, 1.165) is 23.6 Å². The molecule has 112 valence electrons. The highest BCUT2D eigenvalue weighted by atomic mass is 15.2. The number of para-hydroxylation sites is 1. The molecule has 0 spiro atoms. The summed E-state index contributed by atoms with van der Waals surface area (Å²) in [6.45, 7) is 10.5. The summed E-state index contributed by atoms with van der Waals surface area (Å²) in [5.74, 6) is 1.50. The van der Waals surface area contributed by atoms with Crippen LogP contribution in [-0.2, 0) is 0 Å². The molecule has 2 N–H and O–H groups in total. The van der Waals surface area contributed by atoms with Crippen LogP contribution < -0.4 is 10.6 Å². The van der Waals surface area contributed by atoms with Crippen LogP contribution in [0.25, 0.3) is 0 Å². The summed E-state index contributed by atoms with van der Waals surface area (Å²) in [4.78, 5) is 9.01. The highest BCUT2D eigenvalue weighted by molar-refractivity contribution is 5.65. The van der Waals surface area contributed by atoms with E-state index in [1.165, 1.54) is 11.1 Å². The van der Waals surface area contributed by atoms with Gasteiger partial charge < -0.3 is 10.6 Å². The molecule has 4 nitrogen and oxygen atoms in total. The van der Waals surface area contributed by atoms with Crippen LogP contribution >= 0.6 is 0 Å². The molecule has 0 fully saturated rings. The Labute approximate surface area is 127 Å². The minimum atomic E-state index is 0.361. The zero-order chi connectivity index (χ0) is 15.4. The van der Waals surface area contributed by atoms with Crippen molar-refractivity contribution in [2.45, 2.75) is 47.1 Å². The normalized spacial score (nSPS) is 12.0. The summed E-state index contributed by atoms with van der Waals surface area (Å²) in [6, 6.07) is 8.59. The van der Waals surface area contributed by atoms with Crippen molar-refractivity contribution in [2.24, 2.45) is 0 Å². The van der Waals surface area contributed by atoms with Crippen LogP contribution in [0, 0.1) is 20.8 Å². The Balaban J connectivity index is 2.28. The highest BCUT2D eigenvalue weighted by Gasteiger charge is 2.07. The molecule has 1 aromatic carbocycles. The number of nitrogens with one attached hydrogen (secondary N) is 2. The highest BCUT2D eigenvalue weighted by Crippen LogP contribution is 2.24. The van der Waals surface area contributed by atoms with Gasteiger partial charge in [-0.25, -0.2) is 4.98 Å². The van der Waals surface area contributed by atoms with Crippen molar-refractivity contribution in [1.82, 2.24) is 9.97 Å². The molecule has 0 amide bonds. The van der Waals surface area contributed by atoms with Gasteiger partial charge in [0.05, 0.1) is 0 Å². The van der Waals surface area contributed by atoms with Gasteiger partial charge in [0.1, 0.15) is 5.82 Å². The van der Waals surface area contributed by atoms with Crippen LogP contribution in [0.15, 0.2) is 24.3 Å². The molecule has 0 radical (unpaired) electrons. The maximum absolute atomic E-state index is 4.57. The molecule has 0 saturated heterocycles. The van der Waals surface area contributed by atoms with Crippen LogP contribution in [0.5, 0.6) is 0 Å². The third-order valence-corrected chi connectivity index (χ3v) is 3.58. The zero-order valence-corrected chi connectivity index (χ0v) is 13.5. The van der Waals surface area contributed by atoms with E-state index in [4.69, 9.17) is 0 Å². The molecule has 0 aliphatic rings. The van der Waals surface area contributed by atoms with Gasteiger partial charge in [-0.3, -0.25) is 0 Å². The molecule has 1 heterocycles. The van der Waals surface area contributed by atoms with Gasteiger partial charge in [0.2, 0.25) is 5.95 Å². The van der Waals surface area contributed by atoms with Crippen LogP contribution in [0.1, 0.15) is 37.1 Å². The van der Waals surface area contributed by atoms with Gasteiger partial charge in [0.25, 0.3) is 0 Å². The third kappa shape index (κ3) is 3.94. The Morgan fingerprint density at radius 2 is 1.76 bits per heavy atom. The number of rotatable bonds is 5. The summed E-state index contributed by atoms with van der Waals surface area (Å²) >= 11 is 0. The van der Waals surface area contributed by atoms with E-state index < -0.39 is 0 Å². The monoisotopic (exact) mass is 284 g/mol. The number of nitrogens with zero attached hydrogens (tertiary/aromatic N) is 2. The molecule has 0 aliphatic carbocycles. The Morgan fingerprint density at radius 1 is 1.10 bits per heavy atom. The number of hydrogen-bond acceptors (Lipinski definition) is 4. The van der Waals surface area contributed by atoms with Gasteiger partial charge in [-0.2, -0.15) is 4.98 Å². The van der Waals surface area contributed by atoms with E-state index >= 15 is 0 Å². The predicted molar refractivity (Wildman–Crippen MR) is 89.3 cm³/mol. The van der Waals surface area contributed by atoms with Crippen molar-refractivity contribution < 1.29 is 0 Å². The lowest BCUT2D eigenvalue weighted by Gasteiger charge is -2.15. The minimum absolute atomic E-state index is 0.361. The summed E-state index contributed by atoms with van der Waals surface area (Å²) in [5.41, 5.74) is 4.49. The van der Waals surface area contributed by atoms with Gasteiger partial charge in [-0.15, -0.1) is 0 Å². The van der Waals surface area contributed by atoms with Crippen molar-refractivity contribution in [3.63, 3.8) is 0 Å².